The van der Waals surface area contributed by atoms with Crippen LogP contribution in [0.2, 0.25) is 5.02 Å². The van der Waals surface area contributed by atoms with Crippen molar-refractivity contribution in [1.82, 2.24) is 9.55 Å². The summed E-state index contributed by atoms with van der Waals surface area (Å²) in [6.45, 7) is 1.92. The summed E-state index contributed by atoms with van der Waals surface area (Å²) in [4.78, 5) is 27.9. The van der Waals surface area contributed by atoms with Crippen LogP contribution in [-0.2, 0) is 22.3 Å². The normalized spacial score (nSPS) is 11.5. The van der Waals surface area contributed by atoms with Crippen molar-refractivity contribution in [1.29, 1.82) is 0 Å². The molecule has 0 aliphatic heterocycles. The number of aromatic nitrogens is 2. The lowest BCUT2D eigenvalue weighted by atomic mass is 10.2. The number of hydrogen-bond donors (Lipinski definition) is 1. The lowest BCUT2D eigenvalue weighted by molar-refractivity contribution is -0.137. The van der Waals surface area contributed by atoms with Gasteiger partial charge in [-0.1, -0.05) is 29.8 Å². The predicted octanol–water partition coefficient (Wildman–Crippen LogP) is 4.52. The number of alkyl halides is 3. The van der Waals surface area contributed by atoms with E-state index in [2.05, 4.69) is 10.3 Å². The monoisotopic (exact) mass is 425 g/mol. The van der Waals surface area contributed by atoms with Gasteiger partial charge in [-0.15, -0.1) is 0 Å². The highest BCUT2D eigenvalue weighted by atomic mass is 35.5. The van der Waals surface area contributed by atoms with Gasteiger partial charge in [-0.05, 0) is 19.1 Å². The maximum atomic E-state index is 12.6. The number of halogens is 4. The quantitative estimate of drug-likeness (QED) is 0.610. The molecule has 29 heavy (non-hydrogen) atoms. The number of benzene rings is 1. The van der Waals surface area contributed by atoms with Crippen LogP contribution >= 0.6 is 11.6 Å². The number of nitrogens with one attached hydrogen (secondary N) is 1. The average molecular weight is 426 g/mol. The number of carbonyl (C=O) groups excluding carboxylic acids is 2. The molecule has 1 amide bonds. The summed E-state index contributed by atoms with van der Waals surface area (Å²) >= 11 is 5.73. The highest BCUT2D eigenvalue weighted by molar-refractivity contribution is 6.33. The smallest absolute Gasteiger partial charge is 0.417 e. The van der Waals surface area contributed by atoms with E-state index in [-0.39, 0.29) is 10.8 Å². The molecule has 0 saturated carbocycles. The first-order chi connectivity index (χ1) is 13.7. The Hall–Kier alpha value is -3.07. The van der Waals surface area contributed by atoms with E-state index >= 15 is 0 Å². The van der Waals surface area contributed by atoms with Gasteiger partial charge in [-0.3, -0.25) is 4.79 Å². The number of nitrogens with zero attached hydrogens (tertiary/aromatic N) is 2. The molecule has 0 fully saturated rings. The van der Waals surface area contributed by atoms with Crippen LogP contribution in [0.25, 0.3) is 10.9 Å². The van der Waals surface area contributed by atoms with Crippen molar-refractivity contribution in [2.75, 3.05) is 11.9 Å². The van der Waals surface area contributed by atoms with E-state index in [0.717, 1.165) is 5.52 Å². The van der Waals surface area contributed by atoms with E-state index in [1.165, 1.54) is 0 Å². The van der Waals surface area contributed by atoms with Gasteiger partial charge in [0.15, 0.2) is 12.4 Å². The van der Waals surface area contributed by atoms with E-state index in [1.54, 1.807) is 18.3 Å². The van der Waals surface area contributed by atoms with Gasteiger partial charge < -0.3 is 14.6 Å². The van der Waals surface area contributed by atoms with Crippen LogP contribution < -0.4 is 5.32 Å². The first-order valence-electron chi connectivity index (χ1n) is 8.48. The minimum absolute atomic E-state index is 0.261. The van der Waals surface area contributed by atoms with E-state index in [1.807, 2.05) is 23.6 Å². The van der Waals surface area contributed by atoms with Crippen LogP contribution in [0.1, 0.15) is 22.8 Å². The first kappa shape index (κ1) is 20.7. The molecule has 3 rings (SSSR count). The van der Waals surface area contributed by atoms with Crippen LogP contribution in [0.5, 0.6) is 0 Å². The van der Waals surface area contributed by atoms with E-state index in [4.69, 9.17) is 16.3 Å². The van der Waals surface area contributed by atoms with Crippen molar-refractivity contribution in [3.63, 3.8) is 0 Å². The van der Waals surface area contributed by atoms with Crippen LogP contribution in [0.3, 0.4) is 0 Å². The molecule has 3 aromatic rings. The molecular weight excluding hydrogens is 411 g/mol. The number of fused-ring (bicyclic) bond motifs is 1. The summed E-state index contributed by atoms with van der Waals surface area (Å²) in [6, 6.07) is 7.91. The molecule has 0 spiro atoms. The number of esters is 1. The second-order valence-electron chi connectivity index (χ2n) is 6.02. The minimum atomic E-state index is -4.60. The highest BCUT2D eigenvalue weighted by Crippen LogP contribution is 2.32. The molecule has 1 aromatic carbocycles. The number of rotatable bonds is 5. The Labute approximate surface area is 168 Å². The van der Waals surface area contributed by atoms with E-state index in [0.29, 0.717) is 29.8 Å². The van der Waals surface area contributed by atoms with Gasteiger partial charge in [-0.25, -0.2) is 9.78 Å². The summed E-state index contributed by atoms with van der Waals surface area (Å²) in [6.07, 6.45) is -2.42. The zero-order valence-corrected chi connectivity index (χ0v) is 15.8. The van der Waals surface area contributed by atoms with Crippen molar-refractivity contribution in [2.24, 2.45) is 0 Å². The van der Waals surface area contributed by atoms with E-state index < -0.39 is 30.2 Å². The number of aryl methyl sites for hydroxylation is 1. The largest absolute Gasteiger partial charge is 0.452 e. The van der Waals surface area contributed by atoms with Gasteiger partial charge >= 0.3 is 12.1 Å². The van der Waals surface area contributed by atoms with Gasteiger partial charge in [0.2, 0.25) is 0 Å². The van der Waals surface area contributed by atoms with Crippen LogP contribution in [0.4, 0.5) is 19.0 Å². The van der Waals surface area contributed by atoms with Crippen molar-refractivity contribution in [3.05, 3.63) is 58.9 Å². The fourth-order valence-corrected chi connectivity index (χ4v) is 2.95. The molecule has 10 heteroatoms. The third kappa shape index (κ3) is 4.51. The molecule has 0 saturated heterocycles. The fourth-order valence-electron chi connectivity index (χ4n) is 2.73. The molecule has 0 atom stereocenters. The summed E-state index contributed by atoms with van der Waals surface area (Å²) < 4.78 is 44.8. The van der Waals surface area contributed by atoms with Crippen LogP contribution in [0, 0.1) is 0 Å². The Kier molecular flexibility index (Phi) is 5.78. The van der Waals surface area contributed by atoms with Crippen molar-refractivity contribution >= 4 is 40.2 Å². The minimum Gasteiger partial charge on any atom is -0.452 e. The Morgan fingerprint density at radius 2 is 2.00 bits per heavy atom. The molecule has 6 nitrogen and oxygen atoms in total. The van der Waals surface area contributed by atoms with Crippen molar-refractivity contribution < 1.29 is 27.5 Å². The third-order valence-electron chi connectivity index (χ3n) is 4.11. The number of carbonyl (C=O) groups is 2. The molecule has 2 aromatic heterocycles. The number of amides is 1. The molecule has 0 unspecified atom stereocenters. The van der Waals surface area contributed by atoms with Crippen LogP contribution in [-0.4, -0.2) is 28.0 Å². The van der Waals surface area contributed by atoms with Gasteiger partial charge in [-0.2, -0.15) is 13.2 Å². The van der Waals surface area contributed by atoms with Crippen molar-refractivity contribution in [2.45, 2.75) is 19.6 Å². The third-order valence-corrected chi connectivity index (χ3v) is 4.40. The van der Waals surface area contributed by atoms with Crippen LogP contribution in [0.15, 0.2) is 42.7 Å². The summed E-state index contributed by atoms with van der Waals surface area (Å²) in [5.74, 6) is -1.75. The molecule has 0 radical (unpaired) electrons. The van der Waals surface area contributed by atoms with Gasteiger partial charge in [0.1, 0.15) is 0 Å². The number of anilines is 1. The maximum absolute atomic E-state index is 12.6. The Morgan fingerprint density at radius 3 is 2.66 bits per heavy atom. The van der Waals surface area contributed by atoms with Crippen molar-refractivity contribution in [3.8, 4) is 0 Å². The SMILES string of the molecule is CCn1cc(C(=O)OCC(=O)Nc2ncc(C(F)(F)F)cc2Cl)c2ccccc21. The molecule has 0 bridgehead atoms. The topological polar surface area (TPSA) is 73.2 Å². The average Bonchev–Trinajstić information content (AvgIpc) is 3.06. The zero-order chi connectivity index (χ0) is 21.2. The number of hydrogen-bond acceptors (Lipinski definition) is 4. The Morgan fingerprint density at radius 1 is 1.28 bits per heavy atom. The number of para-hydroxylation sites is 1. The summed E-state index contributed by atoms with van der Waals surface area (Å²) in [5, 5.41) is 2.52. The summed E-state index contributed by atoms with van der Waals surface area (Å²) in [7, 11) is 0. The molecule has 0 aliphatic rings. The molecule has 152 valence electrons. The fraction of sp³-hybridized carbons (Fsp3) is 0.211. The summed E-state index contributed by atoms with van der Waals surface area (Å²) in [5.41, 5.74) is 0.118. The lowest BCUT2D eigenvalue weighted by Gasteiger charge is -2.10. The molecule has 1 N–H and O–H groups in total. The molecular formula is C19H15ClF3N3O3. The first-order valence-corrected chi connectivity index (χ1v) is 8.86. The maximum Gasteiger partial charge on any atom is 0.417 e. The standard InChI is InChI=1S/C19H15ClF3N3O3/c1-2-26-9-13(12-5-3-4-6-15(12)26)18(28)29-10-16(27)25-17-14(20)7-11(8-24-17)19(21,22)23/h3-9H,2,10H2,1H3,(H,24,25,27). The Balaban J connectivity index is 1.66. The van der Waals surface area contributed by atoms with Gasteiger partial charge in [0, 0.05) is 29.8 Å². The lowest BCUT2D eigenvalue weighted by Crippen LogP contribution is -2.22. The molecule has 0 aliphatic carbocycles. The van der Waals surface area contributed by atoms with Gasteiger partial charge in [0.25, 0.3) is 5.91 Å². The van der Waals surface area contributed by atoms with Gasteiger partial charge in [0.05, 0.1) is 16.1 Å². The zero-order valence-electron chi connectivity index (χ0n) is 15.1. The second-order valence-corrected chi connectivity index (χ2v) is 6.43. The number of pyridine rings is 1. The Bertz CT molecular complexity index is 1080. The molecule has 2 heterocycles. The van der Waals surface area contributed by atoms with E-state index in [9.17, 15) is 22.8 Å². The number of ether oxygens (including phenoxy) is 1. The second kappa shape index (κ2) is 8.12. The predicted molar refractivity (Wildman–Crippen MR) is 101 cm³/mol. The highest BCUT2D eigenvalue weighted by Gasteiger charge is 2.31.